The molecule has 5 nitrogen and oxygen atoms in total. The summed E-state index contributed by atoms with van der Waals surface area (Å²) in [6.45, 7) is 1.34. The quantitative estimate of drug-likeness (QED) is 0.638. The molecule has 0 saturated heterocycles. The van der Waals surface area contributed by atoms with Crippen molar-refractivity contribution in [2.75, 3.05) is 6.54 Å². The fraction of sp³-hybridized carbons (Fsp3) is 0.467. The Morgan fingerprint density at radius 2 is 2.10 bits per heavy atom. The van der Waals surface area contributed by atoms with E-state index in [4.69, 9.17) is 17.3 Å². The summed E-state index contributed by atoms with van der Waals surface area (Å²) in [5, 5.41) is 6.71. The first-order valence-corrected chi connectivity index (χ1v) is 7.52. The van der Waals surface area contributed by atoms with Crippen LogP contribution in [0.15, 0.2) is 18.2 Å². The smallest absolute Gasteiger partial charge is 0.248 e. The second-order valence-corrected chi connectivity index (χ2v) is 5.70. The van der Waals surface area contributed by atoms with Crippen LogP contribution >= 0.6 is 11.6 Å². The van der Waals surface area contributed by atoms with Gasteiger partial charge in [-0.05, 0) is 43.5 Å². The van der Waals surface area contributed by atoms with Gasteiger partial charge in [0.15, 0.2) is 0 Å². The maximum absolute atomic E-state index is 11.5. The van der Waals surface area contributed by atoms with Crippen LogP contribution in [0.2, 0.25) is 5.02 Å². The highest BCUT2D eigenvalue weighted by atomic mass is 35.5. The van der Waals surface area contributed by atoms with Gasteiger partial charge in [-0.1, -0.05) is 17.7 Å². The van der Waals surface area contributed by atoms with Gasteiger partial charge in [0.2, 0.25) is 11.8 Å². The predicted octanol–water partition coefficient (Wildman–Crippen LogP) is 1.59. The Hall–Kier alpha value is -1.59. The monoisotopic (exact) mass is 309 g/mol. The maximum atomic E-state index is 11.5. The Kier molecular flexibility index (Phi) is 5.59. The fourth-order valence-electron chi connectivity index (χ4n) is 1.97. The number of amides is 2. The average molecular weight is 310 g/mol. The van der Waals surface area contributed by atoms with Crippen LogP contribution in [0.1, 0.15) is 41.6 Å². The van der Waals surface area contributed by atoms with Gasteiger partial charge < -0.3 is 16.4 Å². The molecule has 4 N–H and O–H groups in total. The molecule has 0 unspecified atom stereocenters. The SMILES string of the molecule is NC(=O)c1ccc(CNCCCC(=O)NC2CC2)c(Cl)c1. The molecule has 1 aliphatic carbocycles. The Balaban J connectivity index is 1.66. The highest BCUT2D eigenvalue weighted by Crippen LogP contribution is 2.19. The maximum Gasteiger partial charge on any atom is 0.248 e. The summed E-state index contributed by atoms with van der Waals surface area (Å²) >= 11 is 6.09. The number of halogens is 1. The minimum Gasteiger partial charge on any atom is -0.366 e. The number of nitrogens with one attached hydrogen (secondary N) is 2. The molecule has 0 spiro atoms. The van der Waals surface area contributed by atoms with Crippen LogP contribution in [-0.2, 0) is 11.3 Å². The van der Waals surface area contributed by atoms with Gasteiger partial charge in [-0.3, -0.25) is 9.59 Å². The van der Waals surface area contributed by atoms with Crippen LogP contribution in [0.4, 0.5) is 0 Å². The zero-order chi connectivity index (χ0) is 15.2. The van der Waals surface area contributed by atoms with Crippen LogP contribution in [-0.4, -0.2) is 24.4 Å². The summed E-state index contributed by atoms with van der Waals surface area (Å²) in [6.07, 6.45) is 3.56. The van der Waals surface area contributed by atoms with Gasteiger partial charge >= 0.3 is 0 Å². The number of carbonyl (C=O) groups is 2. The van der Waals surface area contributed by atoms with Crippen LogP contribution in [0, 0.1) is 0 Å². The van der Waals surface area contributed by atoms with E-state index in [1.165, 1.54) is 0 Å². The number of primary amides is 1. The molecule has 2 amide bonds. The van der Waals surface area contributed by atoms with E-state index >= 15 is 0 Å². The summed E-state index contributed by atoms with van der Waals surface area (Å²) in [7, 11) is 0. The summed E-state index contributed by atoms with van der Waals surface area (Å²) in [4.78, 5) is 22.5. The highest BCUT2D eigenvalue weighted by molar-refractivity contribution is 6.31. The number of hydrogen-bond acceptors (Lipinski definition) is 3. The van der Waals surface area contributed by atoms with E-state index in [2.05, 4.69) is 10.6 Å². The number of rotatable bonds is 8. The lowest BCUT2D eigenvalue weighted by atomic mass is 10.1. The molecule has 0 bridgehead atoms. The van der Waals surface area contributed by atoms with E-state index in [1.807, 2.05) is 0 Å². The lowest BCUT2D eigenvalue weighted by Crippen LogP contribution is -2.26. The molecular weight excluding hydrogens is 290 g/mol. The van der Waals surface area contributed by atoms with Gasteiger partial charge in [0.1, 0.15) is 0 Å². The number of carbonyl (C=O) groups excluding carboxylic acids is 2. The first kappa shape index (κ1) is 15.8. The molecule has 21 heavy (non-hydrogen) atoms. The van der Waals surface area contributed by atoms with Crippen molar-refractivity contribution in [3.05, 3.63) is 34.3 Å². The van der Waals surface area contributed by atoms with Crippen molar-refractivity contribution in [1.82, 2.24) is 10.6 Å². The molecule has 1 aliphatic rings. The van der Waals surface area contributed by atoms with Gasteiger partial charge in [-0.2, -0.15) is 0 Å². The molecule has 1 fully saturated rings. The third-order valence-corrected chi connectivity index (χ3v) is 3.70. The zero-order valence-corrected chi connectivity index (χ0v) is 12.6. The molecular formula is C15H20ClN3O2. The lowest BCUT2D eigenvalue weighted by Gasteiger charge is -2.08. The standard InChI is InChI=1S/C15H20ClN3O2/c16-13-8-10(15(17)21)3-4-11(13)9-18-7-1-2-14(20)19-12-5-6-12/h3-4,8,12,18H,1-2,5-7,9H2,(H2,17,21)(H,19,20). The third kappa shape index (κ3) is 5.36. The Labute approximate surface area is 129 Å². The molecule has 0 aliphatic heterocycles. The molecule has 114 valence electrons. The molecule has 2 rings (SSSR count). The first-order chi connectivity index (χ1) is 10.1. The third-order valence-electron chi connectivity index (χ3n) is 3.35. The van der Waals surface area contributed by atoms with Crippen LogP contribution in [0.5, 0.6) is 0 Å². The predicted molar refractivity (Wildman–Crippen MR) is 82.1 cm³/mol. The highest BCUT2D eigenvalue weighted by Gasteiger charge is 2.22. The Morgan fingerprint density at radius 3 is 2.71 bits per heavy atom. The van der Waals surface area contributed by atoms with Crippen molar-refractivity contribution in [3.63, 3.8) is 0 Å². The van der Waals surface area contributed by atoms with Crippen molar-refractivity contribution >= 4 is 23.4 Å². The molecule has 1 saturated carbocycles. The van der Waals surface area contributed by atoms with Gasteiger partial charge in [-0.25, -0.2) is 0 Å². The normalized spacial score (nSPS) is 14.0. The lowest BCUT2D eigenvalue weighted by molar-refractivity contribution is -0.121. The van der Waals surface area contributed by atoms with Gasteiger partial charge in [0.25, 0.3) is 0 Å². The minimum absolute atomic E-state index is 0.128. The van der Waals surface area contributed by atoms with Crippen LogP contribution in [0.3, 0.4) is 0 Å². The minimum atomic E-state index is -0.488. The molecule has 0 radical (unpaired) electrons. The summed E-state index contributed by atoms with van der Waals surface area (Å²) in [5.41, 5.74) is 6.50. The molecule has 0 aromatic heterocycles. The van der Waals surface area contributed by atoms with E-state index in [-0.39, 0.29) is 5.91 Å². The van der Waals surface area contributed by atoms with E-state index in [9.17, 15) is 9.59 Å². The first-order valence-electron chi connectivity index (χ1n) is 7.14. The van der Waals surface area contributed by atoms with Gasteiger partial charge in [0, 0.05) is 29.6 Å². The van der Waals surface area contributed by atoms with Gasteiger partial charge in [-0.15, -0.1) is 0 Å². The van der Waals surface area contributed by atoms with Crippen molar-refractivity contribution in [2.45, 2.75) is 38.3 Å². The number of hydrogen-bond donors (Lipinski definition) is 3. The summed E-state index contributed by atoms with van der Waals surface area (Å²) in [6, 6.07) is 5.45. The zero-order valence-electron chi connectivity index (χ0n) is 11.8. The van der Waals surface area contributed by atoms with Gasteiger partial charge in [0.05, 0.1) is 0 Å². The van der Waals surface area contributed by atoms with Crippen molar-refractivity contribution in [1.29, 1.82) is 0 Å². The van der Waals surface area contributed by atoms with E-state index < -0.39 is 5.91 Å². The summed E-state index contributed by atoms with van der Waals surface area (Å²) in [5.74, 6) is -0.360. The molecule has 1 aromatic rings. The van der Waals surface area contributed by atoms with E-state index in [1.54, 1.807) is 18.2 Å². The fourth-order valence-corrected chi connectivity index (χ4v) is 2.22. The average Bonchev–Trinajstić information content (AvgIpc) is 3.23. The van der Waals surface area contributed by atoms with Crippen LogP contribution in [0.25, 0.3) is 0 Å². The molecule has 1 aromatic carbocycles. The second-order valence-electron chi connectivity index (χ2n) is 5.29. The molecule has 0 heterocycles. The van der Waals surface area contributed by atoms with E-state index in [0.717, 1.165) is 31.4 Å². The Morgan fingerprint density at radius 1 is 1.33 bits per heavy atom. The van der Waals surface area contributed by atoms with Crippen molar-refractivity contribution < 1.29 is 9.59 Å². The van der Waals surface area contributed by atoms with Crippen molar-refractivity contribution in [3.8, 4) is 0 Å². The molecule has 0 atom stereocenters. The van der Waals surface area contributed by atoms with Crippen LogP contribution < -0.4 is 16.4 Å². The topological polar surface area (TPSA) is 84.2 Å². The Bertz CT molecular complexity index is 530. The molecule has 6 heteroatoms. The summed E-state index contributed by atoms with van der Waals surface area (Å²) < 4.78 is 0. The second kappa shape index (κ2) is 7.43. The van der Waals surface area contributed by atoms with Crippen molar-refractivity contribution in [2.24, 2.45) is 5.73 Å². The number of benzene rings is 1. The number of nitrogens with two attached hydrogens (primary N) is 1. The largest absolute Gasteiger partial charge is 0.366 e. The van der Waals surface area contributed by atoms with E-state index in [0.29, 0.717) is 29.6 Å².